The van der Waals surface area contributed by atoms with Crippen molar-refractivity contribution in [1.82, 2.24) is 14.8 Å². The number of aromatic nitrogens is 3. The van der Waals surface area contributed by atoms with Crippen LogP contribution in [0.1, 0.15) is 6.92 Å². The topological polar surface area (TPSA) is 80.8 Å². The van der Waals surface area contributed by atoms with Crippen molar-refractivity contribution in [3.8, 4) is 12.1 Å². The van der Waals surface area contributed by atoms with Gasteiger partial charge < -0.3 is 4.74 Å². The van der Waals surface area contributed by atoms with Gasteiger partial charge in [-0.3, -0.25) is 4.79 Å². The van der Waals surface area contributed by atoms with Crippen molar-refractivity contribution in [1.29, 1.82) is 5.26 Å². The van der Waals surface area contributed by atoms with Crippen molar-refractivity contribution in [3.05, 3.63) is 6.33 Å². The van der Waals surface area contributed by atoms with E-state index in [0.717, 1.165) is 0 Å². The van der Waals surface area contributed by atoms with Gasteiger partial charge in [-0.15, -0.1) is 0 Å². The lowest BCUT2D eigenvalue weighted by molar-refractivity contribution is -0.132. The Kier molecular flexibility index (Phi) is 2.38. The van der Waals surface area contributed by atoms with Crippen LogP contribution in [0.2, 0.25) is 0 Å². The second-order valence-electron chi connectivity index (χ2n) is 1.95. The highest BCUT2D eigenvalue weighted by molar-refractivity contribution is 5.68. The van der Waals surface area contributed by atoms with Crippen LogP contribution >= 0.6 is 0 Å². The minimum Gasteiger partial charge on any atom is -0.391 e. The van der Waals surface area contributed by atoms with Gasteiger partial charge in [-0.05, 0) is 0 Å². The summed E-state index contributed by atoms with van der Waals surface area (Å²) in [5.74, 6) is -0.484. The van der Waals surface area contributed by atoms with Gasteiger partial charge in [0, 0.05) is 6.92 Å². The van der Waals surface area contributed by atoms with Gasteiger partial charge >= 0.3 is 12.0 Å². The van der Waals surface area contributed by atoms with Crippen molar-refractivity contribution in [3.63, 3.8) is 0 Å². The fourth-order valence-corrected chi connectivity index (χ4v) is 0.637. The van der Waals surface area contributed by atoms with Gasteiger partial charge in [0.15, 0.2) is 0 Å². The van der Waals surface area contributed by atoms with E-state index in [1.807, 2.05) is 6.07 Å². The van der Waals surface area contributed by atoms with Gasteiger partial charge in [-0.25, -0.2) is 4.68 Å². The molecule has 0 bridgehead atoms. The monoisotopic (exact) mass is 166 g/mol. The van der Waals surface area contributed by atoms with E-state index in [1.165, 1.54) is 17.9 Å². The van der Waals surface area contributed by atoms with Crippen LogP contribution in [-0.2, 0) is 11.3 Å². The number of hydrogen-bond donors (Lipinski definition) is 0. The summed E-state index contributed by atoms with van der Waals surface area (Å²) in [6.07, 6.45) is 1.22. The highest BCUT2D eigenvalue weighted by Gasteiger charge is 2.06. The average Bonchev–Trinajstić information content (AvgIpc) is 2.37. The first-order valence-corrected chi connectivity index (χ1v) is 3.17. The second kappa shape index (κ2) is 3.48. The number of nitrogens with zero attached hydrogens (tertiary/aromatic N) is 4. The largest absolute Gasteiger partial charge is 0.391 e. The molecule has 0 amide bonds. The molecule has 1 aromatic heterocycles. The van der Waals surface area contributed by atoms with E-state index < -0.39 is 5.97 Å². The highest BCUT2D eigenvalue weighted by Crippen LogP contribution is 2.03. The Hall–Kier alpha value is -1.90. The van der Waals surface area contributed by atoms with E-state index in [1.54, 1.807) is 0 Å². The Morgan fingerprint density at radius 3 is 3.25 bits per heavy atom. The van der Waals surface area contributed by atoms with E-state index in [2.05, 4.69) is 14.8 Å². The molecule has 6 heteroatoms. The molecule has 1 heterocycles. The zero-order chi connectivity index (χ0) is 8.97. The van der Waals surface area contributed by atoms with Crippen LogP contribution < -0.4 is 4.74 Å². The number of rotatable bonds is 2. The summed E-state index contributed by atoms with van der Waals surface area (Å²) in [6.45, 7) is 1.27. The number of nitriles is 1. The van der Waals surface area contributed by atoms with Crippen LogP contribution in [0.3, 0.4) is 0 Å². The molecule has 0 saturated heterocycles. The van der Waals surface area contributed by atoms with Crippen molar-refractivity contribution in [2.24, 2.45) is 0 Å². The smallest absolute Gasteiger partial charge is 0.323 e. The standard InChI is InChI=1S/C6H6N4O2/c1-5(11)12-6-8-4-9-10(6)3-2-7/h4H,3H2,1H3. The molecule has 0 aliphatic rings. The minimum atomic E-state index is -0.484. The number of carbonyl (C=O) groups excluding carboxylic acids is 1. The molecule has 0 spiro atoms. The maximum Gasteiger partial charge on any atom is 0.323 e. The van der Waals surface area contributed by atoms with Gasteiger partial charge in [-0.1, -0.05) is 0 Å². The number of carbonyl (C=O) groups is 1. The molecule has 0 unspecified atom stereocenters. The number of esters is 1. The summed E-state index contributed by atoms with van der Waals surface area (Å²) in [5, 5.41) is 12.0. The van der Waals surface area contributed by atoms with Crippen molar-refractivity contribution < 1.29 is 9.53 Å². The van der Waals surface area contributed by atoms with Crippen LogP contribution in [-0.4, -0.2) is 20.7 Å². The summed E-state index contributed by atoms with van der Waals surface area (Å²) < 4.78 is 5.83. The molecule has 0 aliphatic carbocycles. The molecule has 0 fully saturated rings. The predicted octanol–water partition coefficient (Wildman–Crippen LogP) is -0.273. The normalized spacial score (nSPS) is 9.00. The van der Waals surface area contributed by atoms with Crippen molar-refractivity contribution in [2.45, 2.75) is 13.5 Å². The molecule has 6 nitrogen and oxygen atoms in total. The summed E-state index contributed by atoms with van der Waals surface area (Å²) in [4.78, 5) is 14.1. The zero-order valence-electron chi connectivity index (χ0n) is 6.39. The fraction of sp³-hybridized carbons (Fsp3) is 0.333. The lowest BCUT2D eigenvalue weighted by Crippen LogP contribution is -2.08. The van der Waals surface area contributed by atoms with Crippen LogP contribution in [0.15, 0.2) is 6.33 Å². The lowest BCUT2D eigenvalue weighted by Gasteiger charge is -1.98. The SMILES string of the molecule is CC(=O)Oc1ncnn1CC#N. The molecule has 12 heavy (non-hydrogen) atoms. The maximum atomic E-state index is 10.5. The van der Waals surface area contributed by atoms with E-state index in [4.69, 9.17) is 5.26 Å². The summed E-state index contributed by atoms with van der Waals surface area (Å²) >= 11 is 0. The van der Waals surface area contributed by atoms with E-state index >= 15 is 0 Å². The fourth-order valence-electron chi connectivity index (χ4n) is 0.637. The Morgan fingerprint density at radius 1 is 1.92 bits per heavy atom. The molecule has 0 N–H and O–H groups in total. The second-order valence-corrected chi connectivity index (χ2v) is 1.95. The van der Waals surface area contributed by atoms with Crippen LogP contribution in [0.5, 0.6) is 6.01 Å². The Bertz CT molecular complexity index is 325. The molecule has 0 aromatic carbocycles. The minimum absolute atomic E-state index is 0.0165. The van der Waals surface area contributed by atoms with Gasteiger partial charge in [0.25, 0.3) is 0 Å². The first-order chi connectivity index (χ1) is 5.74. The molecule has 1 rings (SSSR count). The van der Waals surface area contributed by atoms with Gasteiger partial charge in [0.05, 0.1) is 6.07 Å². The average molecular weight is 166 g/mol. The highest BCUT2D eigenvalue weighted by atomic mass is 16.5. The number of ether oxygens (including phenoxy) is 1. The molecule has 0 radical (unpaired) electrons. The van der Waals surface area contributed by atoms with E-state index in [0.29, 0.717) is 0 Å². The van der Waals surface area contributed by atoms with E-state index in [9.17, 15) is 4.79 Å². The predicted molar refractivity (Wildman–Crippen MR) is 36.9 cm³/mol. The van der Waals surface area contributed by atoms with Crippen molar-refractivity contribution in [2.75, 3.05) is 0 Å². The summed E-state index contributed by atoms with van der Waals surface area (Å²) in [7, 11) is 0. The Balaban J connectivity index is 2.78. The third-order valence-electron chi connectivity index (χ3n) is 1.04. The van der Waals surface area contributed by atoms with E-state index in [-0.39, 0.29) is 12.6 Å². The molecule has 0 aliphatic heterocycles. The molecular weight excluding hydrogens is 160 g/mol. The maximum absolute atomic E-state index is 10.5. The third kappa shape index (κ3) is 1.79. The van der Waals surface area contributed by atoms with Crippen LogP contribution in [0.25, 0.3) is 0 Å². The van der Waals surface area contributed by atoms with Gasteiger partial charge in [0.2, 0.25) is 0 Å². The lowest BCUT2D eigenvalue weighted by atomic mass is 10.7. The Labute approximate surface area is 68.4 Å². The molecule has 62 valence electrons. The van der Waals surface area contributed by atoms with Crippen LogP contribution in [0.4, 0.5) is 0 Å². The van der Waals surface area contributed by atoms with Crippen molar-refractivity contribution >= 4 is 5.97 Å². The molecular formula is C6H6N4O2. The van der Waals surface area contributed by atoms with Gasteiger partial charge in [-0.2, -0.15) is 15.3 Å². The summed E-state index contributed by atoms with van der Waals surface area (Å²) in [5.41, 5.74) is 0. The number of hydrogen-bond acceptors (Lipinski definition) is 5. The first kappa shape index (κ1) is 8.20. The third-order valence-corrected chi connectivity index (χ3v) is 1.04. The molecule has 1 aromatic rings. The van der Waals surface area contributed by atoms with Crippen LogP contribution in [0, 0.1) is 11.3 Å². The first-order valence-electron chi connectivity index (χ1n) is 3.17. The van der Waals surface area contributed by atoms with Gasteiger partial charge in [0.1, 0.15) is 12.9 Å². The zero-order valence-corrected chi connectivity index (χ0v) is 6.39. The molecule has 0 atom stereocenters. The quantitative estimate of drug-likeness (QED) is 0.565. The Morgan fingerprint density at radius 2 is 2.67 bits per heavy atom. The molecule has 0 saturated carbocycles. The summed E-state index contributed by atoms with van der Waals surface area (Å²) in [6, 6.07) is 1.90.